The molecule has 1 aliphatic rings. The molecule has 0 radical (unpaired) electrons. The van der Waals surface area contributed by atoms with E-state index >= 15 is 0 Å². The summed E-state index contributed by atoms with van der Waals surface area (Å²) >= 11 is 11.9. The van der Waals surface area contributed by atoms with Crippen molar-refractivity contribution in [2.24, 2.45) is 11.1 Å². The molecule has 0 amide bonds. The van der Waals surface area contributed by atoms with E-state index < -0.39 is 0 Å². The van der Waals surface area contributed by atoms with Crippen molar-refractivity contribution in [2.45, 2.75) is 19.3 Å². The van der Waals surface area contributed by atoms with Crippen LogP contribution in [0.15, 0.2) is 18.2 Å². The molecule has 0 aliphatic heterocycles. The van der Waals surface area contributed by atoms with Gasteiger partial charge in [-0.05, 0) is 48.9 Å². The van der Waals surface area contributed by atoms with Gasteiger partial charge in [0.25, 0.3) is 0 Å². The molecule has 1 nitrogen and oxygen atoms in total. The molecule has 0 aromatic heterocycles. The van der Waals surface area contributed by atoms with Gasteiger partial charge in [0.1, 0.15) is 0 Å². The van der Waals surface area contributed by atoms with Crippen LogP contribution in [0.25, 0.3) is 0 Å². The smallest absolute Gasteiger partial charge is 0.0453 e. The first kappa shape index (κ1) is 10.3. The van der Waals surface area contributed by atoms with Crippen molar-refractivity contribution in [1.82, 2.24) is 0 Å². The minimum atomic E-state index is 0.331. The van der Waals surface area contributed by atoms with E-state index in [2.05, 4.69) is 0 Å². The Balaban J connectivity index is 2.17. The molecule has 0 bridgehead atoms. The van der Waals surface area contributed by atoms with Gasteiger partial charge >= 0.3 is 0 Å². The van der Waals surface area contributed by atoms with Gasteiger partial charge < -0.3 is 5.73 Å². The van der Waals surface area contributed by atoms with Crippen molar-refractivity contribution in [3.05, 3.63) is 33.8 Å². The Hall–Kier alpha value is -0.240. The molecule has 3 heteroatoms. The predicted octanol–water partition coefficient (Wildman–Crippen LogP) is 3.27. The lowest BCUT2D eigenvalue weighted by Gasteiger charge is -2.13. The largest absolute Gasteiger partial charge is 0.330 e. The second kappa shape index (κ2) is 3.73. The lowest BCUT2D eigenvalue weighted by Crippen LogP contribution is -2.18. The summed E-state index contributed by atoms with van der Waals surface area (Å²) in [6, 6.07) is 5.68. The highest BCUT2D eigenvalue weighted by molar-refractivity contribution is 6.35. The summed E-state index contributed by atoms with van der Waals surface area (Å²) in [6.45, 7) is 0.756. The van der Waals surface area contributed by atoms with Crippen LogP contribution in [0.3, 0.4) is 0 Å². The maximum absolute atomic E-state index is 6.10. The van der Waals surface area contributed by atoms with Gasteiger partial charge in [0.15, 0.2) is 0 Å². The fourth-order valence-corrected chi connectivity index (χ4v) is 2.17. The van der Waals surface area contributed by atoms with Crippen LogP contribution < -0.4 is 5.73 Å². The number of benzene rings is 1. The number of hydrogen-bond acceptors (Lipinski definition) is 1. The van der Waals surface area contributed by atoms with Crippen molar-refractivity contribution in [2.75, 3.05) is 6.54 Å². The van der Waals surface area contributed by atoms with Crippen molar-refractivity contribution in [3.63, 3.8) is 0 Å². The molecule has 14 heavy (non-hydrogen) atoms. The molecule has 1 saturated carbocycles. The van der Waals surface area contributed by atoms with Crippen LogP contribution in [-0.4, -0.2) is 6.54 Å². The van der Waals surface area contributed by atoms with Crippen molar-refractivity contribution < 1.29 is 0 Å². The second-order valence-electron chi connectivity index (χ2n) is 4.12. The fourth-order valence-electron chi connectivity index (χ4n) is 1.70. The topological polar surface area (TPSA) is 26.0 Å². The molecule has 1 aromatic rings. The number of rotatable bonds is 3. The molecule has 1 aliphatic carbocycles. The Morgan fingerprint density at radius 2 is 2.00 bits per heavy atom. The van der Waals surface area contributed by atoms with Gasteiger partial charge in [0.2, 0.25) is 0 Å². The van der Waals surface area contributed by atoms with E-state index in [0.717, 1.165) is 18.0 Å². The lowest BCUT2D eigenvalue weighted by atomic mass is 9.97. The van der Waals surface area contributed by atoms with Gasteiger partial charge in [-0.1, -0.05) is 29.3 Å². The molecular weight excluding hydrogens is 217 g/mol. The maximum atomic E-state index is 6.10. The highest BCUT2D eigenvalue weighted by atomic mass is 35.5. The molecule has 2 rings (SSSR count). The van der Waals surface area contributed by atoms with E-state index in [1.54, 1.807) is 6.07 Å². The zero-order chi connectivity index (χ0) is 10.2. The number of halogens is 2. The van der Waals surface area contributed by atoms with Gasteiger partial charge in [-0.2, -0.15) is 0 Å². The first-order valence-corrected chi connectivity index (χ1v) is 5.55. The fraction of sp³-hybridized carbons (Fsp3) is 0.455. The summed E-state index contributed by atoms with van der Waals surface area (Å²) in [5.41, 5.74) is 7.22. The van der Waals surface area contributed by atoms with Crippen LogP contribution in [0.4, 0.5) is 0 Å². The zero-order valence-electron chi connectivity index (χ0n) is 7.89. The summed E-state index contributed by atoms with van der Waals surface area (Å²) in [5, 5.41) is 1.45. The van der Waals surface area contributed by atoms with Crippen molar-refractivity contribution in [1.29, 1.82) is 0 Å². The minimum absolute atomic E-state index is 0.331. The van der Waals surface area contributed by atoms with Crippen LogP contribution in [0.1, 0.15) is 18.4 Å². The maximum Gasteiger partial charge on any atom is 0.0453 e. The third kappa shape index (κ3) is 2.05. The van der Waals surface area contributed by atoms with Crippen LogP contribution in [0.2, 0.25) is 10.0 Å². The molecule has 0 unspecified atom stereocenters. The van der Waals surface area contributed by atoms with Crippen LogP contribution in [0.5, 0.6) is 0 Å². The number of hydrogen-bond donors (Lipinski definition) is 1. The molecule has 0 atom stereocenters. The van der Waals surface area contributed by atoms with Crippen molar-refractivity contribution >= 4 is 23.2 Å². The van der Waals surface area contributed by atoms with Gasteiger partial charge in [0, 0.05) is 10.0 Å². The Morgan fingerprint density at radius 3 is 2.50 bits per heavy atom. The third-order valence-corrected chi connectivity index (χ3v) is 3.56. The minimum Gasteiger partial charge on any atom is -0.330 e. The molecule has 0 saturated heterocycles. The van der Waals surface area contributed by atoms with Gasteiger partial charge in [-0.3, -0.25) is 0 Å². The highest BCUT2D eigenvalue weighted by Crippen LogP contribution is 2.48. The highest BCUT2D eigenvalue weighted by Gasteiger charge is 2.41. The summed E-state index contributed by atoms with van der Waals surface area (Å²) in [4.78, 5) is 0. The average molecular weight is 230 g/mol. The molecule has 1 aromatic carbocycles. The van der Waals surface area contributed by atoms with E-state index in [0.29, 0.717) is 10.4 Å². The van der Waals surface area contributed by atoms with Gasteiger partial charge in [0.05, 0.1) is 0 Å². The summed E-state index contributed by atoms with van der Waals surface area (Å²) < 4.78 is 0. The first-order valence-electron chi connectivity index (χ1n) is 4.79. The van der Waals surface area contributed by atoms with Crippen molar-refractivity contribution in [3.8, 4) is 0 Å². The SMILES string of the molecule is NCC1(Cc2ccc(Cl)cc2Cl)CC1. The van der Waals surface area contributed by atoms with Crippen LogP contribution >= 0.6 is 23.2 Å². The monoisotopic (exact) mass is 229 g/mol. The van der Waals surface area contributed by atoms with E-state index in [1.165, 1.54) is 18.4 Å². The number of nitrogens with two attached hydrogens (primary N) is 1. The van der Waals surface area contributed by atoms with Gasteiger partial charge in [-0.25, -0.2) is 0 Å². The van der Waals surface area contributed by atoms with Gasteiger partial charge in [-0.15, -0.1) is 0 Å². The van der Waals surface area contributed by atoms with E-state index in [4.69, 9.17) is 28.9 Å². The standard InChI is InChI=1S/C11H13Cl2N/c12-9-2-1-8(10(13)5-9)6-11(7-14)3-4-11/h1-2,5H,3-4,6-7,14H2. The Bertz CT molecular complexity index is 345. The van der Waals surface area contributed by atoms with E-state index in [1.807, 2.05) is 12.1 Å². The first-order chi connectivity index (χ1) is 6.65. The molecular formula is C11H13Cl2N. The molecule has 0 heterocycles. The normalized spacial score (nSPS) is 18.2. The molecule has 1 fully saturated rings. The van der Waals surface area contributed by atoms with Crippen LogP contribution in [-0.2, 0) is 6.42 Å². The molecule has 2 N–H and O–H groups in total. The summed E-state index contributed by atoms with van der Waals surface area (Å²) in [6.07, 6.45) is 3.43. The average Bonchev–Trinajstić information content (AvgIpc) is 2.91. The molecule has 0 spiro atoms. The molecule has 76 valence electrons. The quantitative estimate of drug-likeness (QED) is 0.847. The Morgan fingerprint density at radius 1 is 1.29 bits per heavy atom. The van der Waals surface area contributed by atoms with E-state index in [9.17, 15) is 0 Å². The predicted molar refractivity (Wildman–Crippen MR) is 60.9 cm³/mol. The van der Waals surface area contributed by atoms with E-state index in [-0.39, 0.29) is 0 Å². The third-order valence-electron chi connectivity index (χ3n) is 2.97. The Labute approximate surface area is 94.2 Å². The van der Waals surface area contributed by atoms with Crippen LogP contribution in [0, 0.1) is 5.41 Å². The zero-order valence-corrected chi connectivity index (χ0v) is 9.41. The lowest BCUT2D eigenvalue weighted by molar-refractivity contribution is 0.521. The summed E-state index contributed by atoms with van der Waals surface area (Å²) in [7, 11) is 0. The summed E-state index contributed by atoms with van der Waals surface area (Å²) in [5.74, 6) is 0. The Kier molecular flexibility index (Phi) is 2.74. The second-order valence-corrected chi connectivity index (χ2v) is 4.96.